The topological polar surface area (TPSA) is 97.2 Å². The van der Waals surface area contributed by atoms with Crippen molar-refractivity contribution in [2.45, 2.75) is 38.3 Å². The lowest BCUT2D eigenvalue weighted by molar-refractivity contribution is 0.0944. The molecular formula is C22H25N5O3S. The molecule has 0 saturated carbocycles. The van der Waals surface area contributed by atoms with Crippen LogP contribution < -0.4 is 5.32 Å². The Labute approximate surface area is 182 Å². The van der Waals surface area contributed by atoms with Gasteiger partial charge in [-0.15, -0.1) is 0 Å². The maximum Gasteiger partial charge on any atom is 0.272 e. The Bertz CT molecular complexity index is 1190. The molecule has 0 atom stereocenters. The standard InChI is InChI=1S/C22H25N5O3S/c1-16(2)10-12-26-14-19-21(22(28)24-13-17-7-5-6-11-23-17)25-15-27(19)18-8-3-4-9-20(18)31(26,29)30/h3-9,11,15-16H,10,12-14H2,1-2H3,(H,24,28). The van der Waals surface area contributed by atoms with Gasteiger partial charge in [0.2, 0.25) is 10.0 Å². The van der Waals surface area contributed by atoms with Crippen molar-refractivity contribution in [1.82, 2.24) is 24.2 Å². The van der Waals surface area contributed by atoms with Crippen LogP contribution in [0.1, 0.15) is 42.1 Å². The number of carbonyl (C=O) groups excluding carboxylic acids is 1. The van der Waals surface area contributed by atoms with Gasteiger partial charge < -0.3 is 5.32 Å². The number of hydrogen-bond acceptors (Lipinski definition) is 5. The number of para-hydroxylation sites is 1. The molecule has 1 amide bonds. The Morgan fingerprint density at radius 3 is 2.65 bits per heavy atom. The summed E-state index contributed by atoms with van der Waals surface area (Å²) in [7, 11) is -3.71. The molecule has 1 aromatic carbocycles. The number of hydrogen-bond donors (Lipinski definition) is 1. The molecule has 3 heterocycles. The number of imidazole rings is 1. The first-order chi connectivity index (χ1) is 14.9. The Morgan fingerprint density at radius 1 is 1.13 bits per heavy atom. The van der Waals surface area contributed by atoms with Crippen molar-refractivity contribution < 1.29 is 13.2 Å². The molecule has 0 aliphatic carbocycles. The van der Waals surface area contributed by atoms with Crippen LogP contribution in [-0.2, 0) is 23.1 Å². The van der Waals surface area contributed by atoms with Crippen LogP contribution in [-0.4, -0.2) is 39.7 Å². The number of amides is 1. The van der Waals surface area contributed by atoms with Crippen LogP contribution in [0.4, 0.5) is 0 Å². The van der Waals surface area contributed by atoms with E-state index in [-0.39, 0.29) is 29.6 Å². The van der Waals surface area contributed by atoms with Gasteiger partial charge in [-0.05, 0) is 36.6 Å². The minimum Gasteiger partial charge on any atom is -0.345 e. The molecule has 0 unspecified atom stereocenters. The lowest BCUT2D eigenvalue weighted by Gasteiger charge is -2.21. The summed E-state index contributed by atoms with van der Waals surface area (Å²) in [5.41, 5.74) is 2.00. The Kier molecular flexibility index (Phi) is 5.88. The summed E-state index contributed by atoms with van der Waals surface area (Å²) < 4.78 is 29.9. The molecule has 2 aromatic heterocycles. The summed E-state index contributed by atoms with van der Waals surface area (Å²) >= 11 is 0. The molecule has 9 heteroatoms. The Hall–Kier alpha value is -3.04. The fourth-order valence-electron chi connectivity index (χ4n) is 3.55. The number of benzene rings is 1. The molecular weight excluding hydrogens is 414 g/mol. The SMILES string of the molecule is CC(C)CCN1Cc2c(C(=O)NCc3ccccn3)ncn2-c2ccccc2S1(=O)=O. The van der Waals surface area contributed by atoms with Gasteiger partial charge in [0.15, 0.2) is 5.69 Å². The first-order valence-electron chi connectivity index (χ1n) is 10.2. The molecule has 0 bridgehead atoms. The van der Waals surface area contributed by atoms with Gasteiger partial charge in [0.1, 0.15) is 11.2 Å². The summed E-state index contributed by atoms with van der Waals surface area (Å²) in [6, 6.07) is 12.3. The van der Waals surface area contributed by atoms with Crippen LogP contribution in [0.25, 0.3) is 5.69 Å². The van der Waals surface area contributed by atoms with Gasteiger partial charge in [-0.2, -0.15) is 4.31 Å². The third-order valence-electron chi connectivity index (χ3n) is 5.26. The molecule has 0 saturated heterocycles. The minimum absolute atomic E-state index is 0.0794. The van der Waals surface area contributed by atoms with Crippen LogP contribution in [0.15, 0.2) is 59.9 Å². The minimum atomic E-state index is -3.71. The Balaban J connectivity index is 1.71. The second-order valence-electron chi connectivity index (χ2n) is 7.90. The van der Waals surface area contributed by atoms with E-state index in [1.165, 1.54) is 10.6 Å². The smallest absolute Gasteiger partial charge is 0.272 e. The lowest BCUT2D eigenvalue weighted by Crippen LogP contribution is -2.32. The van der Waals surface area contributed by atoms with E-state index >= 15 is 0 Å². The third-order valence-corrected chi connectivity index (χ3v) is 7.15. The average molecular weight is 440 g/mol. The largest absolute Gasteiger partial charge is 0.345 e. The first kappa shape index (κ1) is 21.2. The van der Waals surface area contributed by atoms with Gasteiger partial charge in [0.05, 0.1) is 30.2 Å². The highest BCUT2D eigenvalue weighted by molar-refractivity contribution is 7.89. The van der Waals surface area contributed by atoms with Gasteiger partial charge in [0, 0.05) is 12.7 Å². The van der Waals surface area contributed by atoms with Gasteiger partial charge in [-0.1, -0.05) is 32.0 Å². The Morgan fingerprint density at radius 2 is 1.90 bits per heavy atom. The molecule has 0 spiro atoms. The summed E-state index contributed by atoms with van der Waals surface area (Å²) in [4.78, 5) is 21.7. The number of fused-ring (bicyclic) bond motifs is 3. The molecule has 8 nitrogen and oxygen atoms in total. The molecule has 31 heavy (non-hydrogen) atoms. The summed E-state index contributed by atoms with van der Waals surface area (Å²) in [5, 5.41) is 2.84. The second-order valence-corrected chi connectivity index (χ2v) is 9.81. The number of pyridine rings is 1. The van der Waals surface area contributed by atoms with E-state index in [0.29, 0.717) is 23.8 Å². The highest BCUT2D eigenvalue weighted by Gasteiger charge is 2.34. The van der Waals surface area contributed by atoms with E-state index in [1.54, 1.807) is 35.0 Å². The second kappa shape index (κ2) is 8.60. The van der Waals surface area contributed by atoms with Crippen molar-refractivity contribution in [3.8, 4) is 5.69 Å². The van der Waals surface area contributed by atoms with Crippen LogP contribution >= 0.6 is 0 Å². The highest BCUT2D eigenvalue weighted by atomic mass is 32.2. The molecule has 4 rings (SSSR count). The molecule has 1 aliphatic heterocycles. The van der Waals surface area contributed by atoms with Crippen molar-refractivity contribution in [2.75, 3.05) is 6.54 Å². The van der Waals surface area contributed by atoms with Crippen LogP contribution in [0.5, 0.6) is 0 Å². The monoisotopic (exact) mass is 439 g/mol. The number of nitrogens with zero attached hydrogens (tertiary/aromatic N) is 4. The van der Waals surface area contributed by atoms with E-state index < -0.39 is 10.0 Å². The molecule has 0 radical (unpaired) electrons. The number of sulfonamides is 1. The van der Waals surface area contributed by atoms with Crippen molar-refractivity contribution in [2.24, 2.45) is 5.92 Å². The number of rotatable bonds is 6. The fraction of sp³-hybridized carbons (Fsp3) is 0.318. The van der Waals surface area contributed by atoms with Gasteiger partial charge >= 0.3 is 0 Å². The van der Waals surface area contributed by atoms with Crippen molar-refractivity contribution in [1.29, 1.82) is 0 Å². The molecule has 1 aliphatic rings. The van der Waals surface area contributed by atoms with E-state index in [1.807, 2.05) is 18.2 Å². The zero-order chi connectivity index (χ0) is 22.0. The van der Waals surface area contributed by atoms with Crippen molar-refractivity contribution in [3.63, 3.8) is 0 Å². The zero-order valence-corrected chi connectivity index (χ0v) is 18.3. The zero-order valence-electron chi connectivity index (χ0n) is 17.5. The third kappa shape index (κ3) is 4.24. The van der Waals surface area contributed by atoms with Crippen LogP contribution in [0.2, 0.25) is 0 Å². The molecule has 1 N–H and O–H groups in total. The predicted molar refractivity (Wildman–Crippen MR) is 116 cm³/mol. The van der Waals surface area contributed by atoms with Crippen LogP contribution in [0.3, 0.4) is 0 Å². The van der Waals surface area contributed by atoms with Crippen molar-refractivity contribution in [3.05, 3.63) is 72.1 Å². The van der Waals surface area contributed by atoms with E-state index in [0.717, 1.165) is 12.1 Å². The van der Waals surface area contributed by atoms with Crippen LogP contribution in [0, 0.1) is 5.92 Å². The summed E-state index contributed by atoms with van der Waals surface area (Å²) in [6.45, 7) is 4.82. The van der Waals surface area contributed by atoms with E-state index in [2.05, 4.69) is 29.1 Å². The maximum atomic E-state index is 13.4. The van der Waals surface area contributed by atoms with E-state index in [9.17, 15) is 13.2 Å². The normalized spacial score (nSPS) is 15.2. The fourth-order valence-corrected chi connectivity index (χ4v) is 5.14. The number of carbonyl (C=O) groups is 1. The lowest BCUT2D eigenvalue weighted by atomic mass is 10.1. The summed E-state index contributed by atoms with van der Waals surface area (Å²) in [6.07, 6.45) is 3.90. The number of aromatic nitrogens is 3. The van der Waals surface area contributed by atoms with Gasteiger partial charge in [-0.25, -0.2) is 13.4 Å². The average Bonchev–Trinajstić information content (AvgIpc) is 3.15. The van der Waals surface area contributed by atoms with Gasteiger partial charge in [0.25, 0.3) is 5.91 Å². The van der Waals surface area contributed by atoms with E-state index in [4.69, 9.17) is 0 Å². The van der Waals surface area contributed by atoms with Gasteiger partial charge in [-0.3, -0.25) is 14.3 Å². The maximum absolute atomic E-state index is 13.4. The predicted octanol–water partition coefficient (Wildman–Crippen LogP) is 2.75. The number of nitrogens with one attached hydrogen (secondary N) is 1. The van der Waals surface area contributed by atoms with Crippen molar-refractivity contribution >= 4 is 15.9 Å². The quantitative estimate of drug-likeness (QED) is 0.637. The summed E-state index contributed by atoms with van der Waals surface area (Å²) in [5.74, 6) is -0.0141. The first-order valence-corrected chi connectivity index (χ1v) is 11.7. The highest BCUT2D eigenvalue weighted by Crippen LogP contribution is 2.31. The molecule has 0 fully saturated rings. The molecule has 3 aromatic rings. The molecule has 162 valence electrons.